The zero-order chi connectivity index (χ0) is 20.2. The van der Waals surface area contributed by atoms with Crippen LogP contribution in [0.5, 0.6) is 0 Å². The number of morpholine rings is 1. The molecular weight excluding hydrogens is 391 g/mol. The number of fused-ring (bicyclic) bond motifs is 1. The van der Waals surface area contributed by atoms with Crippen molar-refractivity contribution in [2.24, 2.45) is 0 Å². The first-order chi connectivity index (χ1) is 14.1. The van der Waals surface area contributed by atoms with Crippen LogP contribution in [0.1, 0.15) is 5.56 Å². The summed E-state index contributed by atoms with van der Waals surface area (Å²) in [4.78, 5) is 6.90. The van der Waals surface area contributed by atoms with Crippen LogP contribution in [0.25, 0.3) is 10.9 Å². The molecule has 0 amide bonds. The van der Waals surface area contributed by atoms with Gasteiger partial charge < -0.3 is 15.4 Å². The molecule has 0 bridgehead atoms. The number of hydrogen-bond acceptors (Lipinski definition) is 5. The molecule has 29 heavy (non-hydrogen) atoms. The summed E-state index contributed by atoms with van der Waals surface area (Å²) in [6, 6.07) is 10.7. The van der Waals surface area contributed by atoms with Crippen LogP contribution in [-0.2, 0) is 4.74 Å². The highest BCUT2D eigenvalue weighted by Gasteiger charge is 2.11. The fourth-order valence-electron chi connectivity index (χ4n) is 3.50. The van der Waals surface area contributed by atoms with Crippen molar-refractivity contribution in [3.05, 3.63) is 59.0 Å². The van der Waals surface area contributed by atoms with Crippen molar-refractivity contribution < 1.29 is 9.13 Å². The van der Waals surface area contributed by atoms with Crippen molar-refractivity contribution in [3.63, 3.8) is 0 Å². The van der Waals surface area contributed by atoms with Gasteiger partial charge in [-0.1, -0.05) is 11.6 Å². The third-order valence-electron chi connectivity index (χ3n) is 5.13. The molecule has 0 spiro atoms. The molecule has 0 radical (unpaired) electrons. The Labute approximate surface area is 174 Å². The van der Waals surface area contributed by atoms with E-state index in [0.29, 0.717) is 0 Å². The molecule has 1 aliphatic heterocycles. The molecule has 4 rings (SSSR count). The minimum absolute atomic E-state index is 0.0923. The van der Waals surface area contributed by atoms with Gasteiger partial charge in [-0.25, -0.2) is 4.39 Å². The largest absolute Gasteiger partial charge is 0.384 e. The lowest BCUT2D eigenvalue weighted by Gasteiger charge is -2.26. The molecule has 0 aliphatic carbocycles. The van der Waals surface area contributed by atoms with E-state index in [0.717, 1.165) is 72.9 Å². The Bertz CT molecular complexity index is 1010. The average Bonchev–Trinajstić information content (AvgIpc) is 2.72. The third-order valence-corrected chi connectivity index (χ3v) is 5.42. The number of nitrogens with one attached hydrogen (secondary N) is 2. The van der Waals surface area contributed by atoms with Crippen LogP contribution in [0.3, 0.4) is 0 Å². The van der Waals surface area contributed by atoms with Gasteiger partial charge in [-0.15, -0.1) is 0 Å². The van der Waals surface area contributed by atoms with E-state index in [1.165, 1.54) is 6.07 Å². The zero-order valence-corrected chi connectivity index (χ0v) is 17.1. The number of aromatic nitrogens is 1. The SMILES string of the molecule is Cc1cc2nccc(Nc3ccc(F)c(Cl)c3)c2cc1NCCN1CCOCC1. The van der Waals surface area contributed by atoms with Crippen LogP contribution in [0.4, 0.5) is 21.5 Å². The number of benzene rings is 2. The molecule has 3 aromatic rings. The summed E-state index contributed by atoms with van der Waals surface area (Å²) in [5.74, 6) is -0.431. The third kappa shape index (κ3) is 4.78. The fourth-order valence-corrected chi connectivity index (χ4v) is 3.68. The first kappa shape index (κ1) is 19.9. The van der Waals surface area contributed by atoms with E-state index < -0.39 is 5.82 Å². The summed E-state index contributed by atoms with van der Waals surface area (Å²) in [6.07, 6.45) is 1.76. The van der Waals surface area contributed by atoms with Crippen molar-refractivity contribution in [1.29, 1.82) is 0 Å². The maximum atomic E-state index is 13.5. The van der Waals surface area contributed by atoms with Crippen LogP contribution >= 0.6 is 11.6 Å². The molecule has 152 valence electrons. The molecule has 2 aromatic carbocycles. The van der Waals surface area contributed by atoms with Gasteiger partial charge >= 0.3 is 0 Å². The summed E-state index contributed by atoms with van der Waals surface area (Å²) in [7, 11) is 0. The minimum Gasteiger partial charge on any atom is -0.384 e. The Morgan fingerprint density at radius 3 is 2.76 bits per heavy atom. The van der Waals surface area contributed by atoms with Crippen molar-refractivity contribution in [2.45, 2.75) is 6.92 Å². The molecule has 7 heteroatoms. The van der Waals surface area contributed by atoms with E-state index >= 15 is 0 Å². The minimum atomic E-state index is -0.431. The molecule has 5 nitrogen and oxygen atoms in total. The van der Waals surface area contributed by atoms with Crippen molar-refractivity contribution in [2.75, 3.05) is 50.0 Å². The summed E-state index contributed by atoms with van der Waals surface area (Å²) >= 11 is 5.92. The van der Waals surface area contributed by atoms with Crippen molar-refractivity contribution in [3.8, 4) is 0 Å². The second-order valence-electron chi connectivity index (χ2n) is 7.18. The maximum Gasteiger partial charge on any atom is 0.141 e. The van der Waals surface area contributed by atoms with E-state index in [1.54, 1.807) is 18.3 Å². The van der Waals surface area contributed by atoms with Gasteiger partial charge in [0, 0.05) is 54.8 Å². The Kier molecular flexibility index (Phi) is 6.13. The summed E-state index contributed by atoms with van der Waals surface area (Å²) in [5.41, 5.74) is 4.76. The van der Waals surface area contributed by atoms with Gasteiger partial charge in [-0.05, 0) is 48.9 Å². The van der Waals surface area contributed by atoms with E-state index in [2.05, 4.69) is 39.6 Å². The molecular formula is C22H24ClFN4O. The van der Waals surface area contributed by atoms with Crippen LogP contribution in [-0.4, -0.2) is 49.3 Å². The molecule has 0 saturated carbocycles. The number of pyridine rings is 1. The highest BCUT2D eigenvalue weighted by atomic mass is 35.5. The molecule has 0 unspecified atom stereocenters. The Hall–Kier alpha value is -2.41. The fraction of sp³-hybridized carbons (Fsp3) is 0.318. The summed E-state index contributed by atoms with van der Waals surface area (Å²) in [6.45, 7) is 7.51. The van der Waals surface area contributed by atoms with E-state index in [-0.39, 0.29) is 5.02 Å². The topological polar surface area (TPSA) is 49.4 Å². The zero-order valence-electron chi connectivity index (χ0n) is 16.3. The summed E-state index contributed by atoms with van der Waals surface area (Å²) in [5, 5.41) is 7.97. The molecule has 1 saturated heterocycles. The number of aryl methyl sites for hydroxylation is 1. The molecule has 1 aromatic heterocycles. The smallest absolute Gasteiger partial charge is 0.141 e. The lowest BCUT2D eigenvalue weighted by molar-refractivity contribution is 0.0398. The lowest BCUT2D eigenvalue weighted by atomic mass is 10.1. The number of hydrogen-bond donors (Lipinski definition) is 2. The van der Waals surface area contributed by atoms with Gasteiger partial charge in [0.05, 0.1) is 23.8 Å². The van der Waals surface area contributed by atoms with Crippen LogP contribution in [0.15, 0.2) is 42.6 Å². The van der Waals surface area contributed by atoms with Crippen molar-refractivity contribution in [1.82, 2.24) is 9.88 Å². The van der Waals surface area contributed by atoms with E-state index in [1.807, 2.05) is 6.07 Å². The molecule has 2 heterocycles. The number of anilines is 3. The highest BCUT2D eigenvalue weighted by molar-refractivity contribution is 6.31. The normalized spacial score (nSPS) is 14.9. The van der Waals surface area contributed by atoms with E-state index in [9.17, 15) is 4.39 Å². The second kappa shape index (κ2) is 8.95. The van der Waals surface area contributed by atoms with E-state index in [4.69, 9.17) is 16.3 Å². The van der Waals surface area contributed by atoms with Gasteiger partial charge in [0.15, 0.2) is 0 Å². The number of halogens is 2. The first-order valence-electron chi connectivity index (χ1n) is 9.75. The van der Waals surface area contributed by atoms with Crippen LogP contribution in [0.2, 0.25) is 5.02 Å². The Balaban J connectivity index is 1.54. The van der Waals surface area contributed by atoms with Gasteiger partial charge in [0.1, 0.15) is 5.82 Å². The molecule has 2 N–H and O–H groups in total. The number of nitrogens with zero attached hydrogens (tertiary/aromatic N) is 2. The van der Waals surface area contributed by atoms with Gasteiger partial charge in [-0.3, -0.25) is 9.88 Å². The average molecular weight is 415 g/mol. The predicted octanol–water partition coefficient (Wildman–Crippen LogP) is 4.82. The second-order valence-corrected chi connectivity index (χ2v) is 7.58. The molecule has 1 fully saturated rings. The standard InChI is InChI=1S/C22H24ClFN4O/c1-15-12-22-17(14-21(15)26-6-7-28-8-10-29-11-9-28)20(4-5-25-22)27-16-2-3-19(24)18(23)13-16/h2-5,12-14,26H,6-11H2,1H3,(H,25,27). The predicted molar refractivity (Wildman–Crippen MR) is 117 cm³/mol. The molecule has 0 atom stereocenters. The lowest BCUT2D eigenvalue weighted by Crippen LogP contribution is -2.39. The van der Waals surface area contributed by atoms with Gasteiger partial charge in [0.25, 0.3) is 0 Å². The van der Waals surface area contributed by atoms with Gasteiger partial charge in [0.2, 0.25) is 0 Å². The Morgan fingerprint density at radius 2 is 1.97 bits per heavy atom. The quantitative estimate of drug-likeness (QED) is 0.605. The highest BCUT2D eigenvalue weighted by Crippen LogP contribution is 2.30. The van der Waals surface area contributed by atoms with Gasteiger partial charge in [-0.2, -0.15) is 0 Å². The number of rotatable bonds is 6. The Morgan fingerprint density at radius 1 is 1.14 bits per heavy atom. The monoisotopic (exact) mass is 414 g/mol. The number of ether oxygens (including phenoxy) is 1. The van der Waals surface area contributed by atoms with Crippen LogP contribution < -0.4 is 10.6 Å². The molecule has 1 aliphatic rings. The van der Waals surface area contributed by atoms with Crippen molar-refractivity contribution >= 4 is 39.6 Å². The summed E-state index contributed by atoms with van der Waals surface area (Å²) < 4.78 is 18.9. The maximum absolute atomic E-state index is 13.5. The van der Waals surface area contributed by atoms with Crippen LogP contribution in [0, 0.1) is 12.7 Å². The first-order valence-corrected chi connectivity index (χ1v) is 10.1.